The van der Waals surface area contributed by atoms with Crippen molar-refractivity contribution in [1.29, 1.82) is 0 Å². The summed E-state index contributed by atoms with van der Waals surface area (Å²) in [5.74, 6) is 0.681. The zero-order valence-corrected chi connectivity index (χ0v) is 14.3. The average molecular weight is 302 g/mol. The van der Waals surface area contributed by atoms with Gasteiger partial charge in [0.25, 0.3) is 0 Å². The lowest BCUT2D eigenvalue weighted by Gasteiger charge is -2.34. The first-order valence-electron chi connectivity index (χ1n) is 8.55. The molecule has 22 heavy (non-hydrogen) atoms. The van der Waals surface area contributed by atoms with Crippen LogP contribution in [0.4, 0.5) is 0 Å². The molecule has 1 unspecified atom stereocenters. The van der Waals surface area contributed by atoms with Crippen LogP contribution in [0.3, 0.4) is 0 Å². The van der Waals surface area contributed by atoms with E-state index in [1.54, 1.807) is 0 Å². The van der Waals surface area contributed by atoms with E-state index < -0.39 is 0 Å². The lowest BCUT2D eigenvalue weighted by Crippen LogP contribution is -2.42. The molecule has 2 rings (SSSR count). The normalized spacial score (nSPS) is 17.1. The fourth-order valence-corrected chi connectivity index (χ4v) is 3.18. The van der Waals surface area contributed by atoms with Crippen molar-refractivity contribution >= 4 is 5.96 Å². The topological polar surface area (TPSA) is 44.9 Å². The Kier molecular flexibility index (Phi) is 6.25. The molecule has 0 radical (unpaired) electrons. The van der Waals surface area contributed by atoms with Crippen molar-refractivity contribution in [1.82, 2.24) is 9.80 Å². The van der Waals surface area contributed by atoms with Crippen LogP contribution in [0.2, 0.25) is 0 Å². The zero-order chi connectivity index (χ0) is 15.9. The van der Waals surface area contributed by atoms with Gasteiger partial charge in [0.15, 0.2) is 5.96 Å². The van der Waals surface area contributed by atoms with Crippen LogP contribution in [0.15, 0.2) is 29.3 Å². The molecule has 1 atom stereocenters. The molecule has 0 aromatic heterocycles. The molecule has 0 fully saturated rings. The van der Waals surface area contributed by atoms with Crippen molar-refractivity contribution in [2.75, 3.05) is 26.2 Å². The van der Waals surface area contributed by atoms with Gasteiger partial charge in [-0.05, 0) is 37.8 Å². The average Bonchev–Trinajstić information content (AvgIpc) is 2.56. The zero-order valence-electron chi connectivity index (χ0n) is 14.3. The minimum absolute atomic E-state index is 0.475. The summed E-state index contributed by atoms with van der Waals surface area (Å²) >= 11 is 0. The van der Waals surface area contributed by atoms with E-state index in [1.165, 1.54) is 11.1 Å². The second-order valence-corrected chi connectivity index (χ2v) is 5.92. The van der Waals surface area contributed by atoms with Gasteiger partial charge in [-0.2, -0.15) is 0 Å². The van der Waals surface area contributed by atoms with Crippen molar-refractivity contribution in [2.24, 2.45) is 10.7 Å². The van der Waals surface area contributed by atoms with Crippen LogP contribution < -0.4 is 5.73 Å². The van der Waals surface area contributed by atoms with Gasteiger partial charge in [0, 0.05) is 32.2 Å². The third kappa shape index (κ3) is 4.01. The highest BCUT2D eigenvalue weighted by molar-refractivity contribution is 5.78. The van der Waals surface area contributed by atoms with Gasteiger partial charge in [-0.1, -0.05) is 31.2 Å². The van der Waals surface area contributed by atoms with Gasteiger partial charge in [-0.15, -0.1) is 0 Å². The number of hydrogen-bond acceptors (Lipinski definition) is 2. The monoisotopic (exact) mass is 302 g/mol. The minimum atomic E-state index is 0.475. The Morgan fingerprint density at radius 3 is 2.55 bits per heavy atom. The highest BCUT2D eigenvalue weighted by Crippen LogP contribution is 2.21. The minimum Gasteiger partial charge on any atom is -0.370 e. The van der Waals surface area contributed by atoms with Crippen molar-refractivity contribution in [3.05, 3.63) is 35.4 Å². The smallest absolute Gasteiger partial charge is 0.191 e. The predicted molar refractivity (Wildman–Crippen MR) is 94.0 cm³/mol. The molecule has 0 bridgehead atoms. The second kappa shape index (κ2) is 8.18. The van der Waals surface area contributed by atoms with Crippen LogP contribution >= 0.6 is 0 Å². The van der Waals surface area contributed by atoms with Crippen LogP contribution in [0.25, 0.3) is 0 Å². The summed E-state index contributed by atoms with van der Waals surface area (Å²) in [5, 5.41) is 0. The van der Waals surface area contributed by atoms with Crippen molar-refractivity contribution in [2.45, 2.75) is 46.2 Å². The molecule has 1 aromatic rings. The van der Waals surface area contributed by atoms with E-state index in [4.69, 9.17) is 5.73 Å². The number of fused-ring (bicyclic) bond motifs is 1. The van der Waals surface area contributed by atoms with Gasteiger partial charge in [0.05, 0.1) is 6.54 Å². The fourth-order valence-electron chi connectivity index (χ4n) is 3.18. The van der Waals surface area contributed by atoms with Crippen molar-refractivity contribution in [3.63, 3.8) is 0 Å². The number of nitrogens with two attached hydrogens (primary N) is 1. The predicted octanol–water partition coefficient (Wildman–Crippen LogP) is 2.48. The van der Waals surface area contributed by atoms with E-state index in [0.29, 0.717) is 12.0 Å². The Bertz CT molecular complexity index is 494. The van der Waals surface area contributed by atoms with Crippen LogP contribution in [-0.4, -0.2) is 48.0 Å². The van der Waals surface area contributed by atoms with E-state index in [2.05, 4.69) is 59.8 Å². The van der Waals surface area contributed by atoms with Gasteiger partial charge in [-0.25, -0.2) is 0 Å². The van der Waals surface area contributed by atoms with E-state index in [-0.39, 0.29) is 0 Å². The largest absolute Gasteiger partial charge is 0.370 e. The molecule has 0 amide bonds. The van der Waals surface area contributed by atoms with Crippen LogP contribution in [0.5, 0.6) is 0 Å². The molecule has 0 saturated heterocycles. The number of aliphatic imine (C=N–C) groups is 1. The number of hydrogen-bond donors (Lipinski definition) is 1. The first kappa shape index (κ1) is 16.8. The molecule has 2 N–H and O–H groups in total. The maximum atomic E-state index is 6.11. The summed E-state index contributed by atoms with van der Waals surface area (Å²) in [5.41, 5.74) is 9.07. The van der Waals surface area contributed by atoms with Crippen molar-refractivity contribution < 1.29 is 0 Å². The summed E-state index contributed by atoms with van der Waals surface area (Å²) in [7, 11) is 0. The van der Waals surface area contributed by atoms with E-state index in [9.17, 15) is 0 Å². The summed E-state index contributed by atoms with van der Waals surface area (Å²) in [6, 6.07) is 9.26. The van der Waals surface area contributed by atoms with Gasteiger partial charge in [0.2, 0.25) is 0 Å². The Labute approximate surface area is 135 Å². The van der Waals surface area contributed by atoms with Gasteiger partial charge >= 0.3 is 0 Å². The maximum absolute atomic E-state index is 6.11. The van der Waals surface area contributed by atoms with Gasteiger partial charge in [-0.3, -0.25) is 9.89 Å². The lowest BCUT2D eigenvalue weighted by atomic mass is 9.98. The molecule has 122 valence electrons. The SMILES string of the molecule is CCC(CN=C(N)N(CC)CC)N1CCc2ccccc2C1. The molecule has 1 aliphatic heterocycles. The quantitative estimate of drug-likeness (QED) is 0.648. The first-order valence-corrected chi connectivity index (χ1v) is 8.55. The third-order valence-corrected chi connectivity index (χ3v) is 4.70. The molecular formula is C18H30N4. The number of guanidine groups is 1. The fraction of sp³-hybridized carbons (Fsp3) is 0.611. The summed E-state index contributed by atoms with van der Waals surface area (Å²) in [6.45, 7) is 11.3. The standard InChI is InChI=1S/C18H30N4/c1-4-17(13-20-18(19)21(5-2)6-3)22-12-11-15-9-7-8-10-16(15)14-22/h7-10,17H,4-6,11-14H2,1-3H3,(H2,19,20). The Balaban J connectivity index is 1.99. The van der Waals surface area contributed by atoms with Crippen LogP contribution in [-0.2, 0) is 13.0 Å². The molecule has 4 heteroatoms. The second-order valence-electron chi connectivity index (χ2n) is 5.92. The first-order chi connectivity index (χ1) is 10.7. The number of benzene rings is 1. The summed E-state index contributed by atoms with van der Waals surface area (Å²) < 4.78 is 0. The molecule has 0 spiro atoms. The Hall–Kier alpha value is -1.55. The molecule has 4 nitrogen and oxygen atoms in total. The molecule has 0 aliphatic carbocycles. The molecule has 1 aromatic carbocycles. The van der Waals surface area contributed by atoms with Crippen molar-refractivity contribution in [3.8, 4) is 0 Å². The molecular weight excluding hydrogens is 272 g/mol. The molecule has 1 aliphatic rings. The summed E-state index contributed by atoms with van der Waals surface area (Å²) in [4.78, 5) is 9.31. The third-order valence-electron chi connectivity index (χ3n) is 4.70. The summed E-state index contributed by atoms with van der Waals surface area (Å²) in [6.07, 6.45) is 2.25. The Morgan fingerprint density at radius 1 is 1.23 bits per heavy atom. The Morgan fingerprint density at radius 2 is 1.91 bits per heavy atom. The maximum Gasteiger partial charge on any atom is 0.191 e. The van der Waals surface area contributed by atoms with E-state index in [0.717, 1.165) is 45.6 Å². The molecule has 0 saturated carbocycles. The van der Waals surface area contributed by atoms with Crippen LogP contribution in [0, 0.1) is 0 Å². The highest BCUT2D eigenvalue weighted by Gasteiger charge is 2.22. The van der Waals surface area contributed by atoms with Crippen LogP contribution in [0.1, 0.15) is 38.3 Å². The lowest BCUT2D eigenvalue weighted by molar-refractivity contribution is 0.178. The van der Waals surface area contributed by atoms with E-state index >= 15 is 0 Å². The van der Waals surface area contributed by atoms with Gasteiger partial charge < -0.3 is 10.6 Å². The number of rotatable bonds is 6. The highest BCUT2D eigenvalue weighted by atomic mass is 15.3. The van der Waals surface area contributed by atoms with Gasteiger partial charge in [0.1, 0.15) is 0 Å². The molecule has 1 heterocycles. The van der Waals surface area contributed by atoms with E-state index in [1.807, 2.05) is 0 Å². The number of nitrogens with zero attached hydrogens (tertiary/aromatic N) is 3.